The summed E-state index contributed by atoms with van der Waals surface area (Å²) in [4.78, 5) is 11.6. The number of hydrogen-bond donors (Lipinski definition) is 4. The third-order valence-electron chi connectivity index (χ3n) is 5.02. The highest BCUT2D eigenvalue weighted by molar-refractivity contribution is 5.76. The molecule has 1 unspecified atom stereocenters. The van der Waals surface area contributed by atoms with Crippen LogP contribution in [0.2, 0.25) is 0 Å². The molecule has 0 saturated carbocycles. The molecule has 0 amide bonds. The van der Waals surface area contributed by atoms with Crippen molar-refractivity contribution in [1.82, 2.24) is 25.5 Å². The largest absolute Gasteiger partial charge is 0.399 e. The molecule has 2 aromatic heterocycles. The van der Waals surface area contributed by atoms with Gasteiger partial charge in [-0.25, -0.2) is 4.98 Å². The van der Waals surface area contributed by atoms with Gasteiger partial charge in [0.15, 0.2) is 5.66 Å². The second-order valence-corrected chi connectivity index (χ2v) is 7.01. The van der Waals surface area contributed by atoms with Crippen LogP contribution >= 0.6 is 0 Å². The molecule has 0 bridgehead atoms. The van der Waals surface area contributed by atoms with E-state index < -0.39 is 5.66 Å². The summed E-state index contributed by atoms with van der Waals surface area (Å²) in [6.45, 7) is 5.77. The third kappa shape index (κ3) is 3.39. The lowest BCUT2D eigenvalue weighted by molar-refractivity contribution is 0.0888. The maximum Gasteiger partial charge on any atom is 0.154 e. The zero-order valence-electron chi connectivity index (χ0n) is 15.4. The van der Waals surface area contributed by atoms with E-state index in [1.165, 1.54) is 5.56 Å². The lowest BCUT2D eigenvalue weighted by Crippen LogP contribution is -2.60. The van der Waals surface area contributed by atoms with Crippen LogP contribution < -0.4 is 22.1 Å². The Morgan fingerprint density at radius 2 is 1.96 bits per heavy atom. The number of aryl methyl sites for hydroxylation is 1. The highest BCUT2D eigenvalue weighted by Gasteiger charge is 2.39. The van der Waals surface area contributed by atoms with Gasteiger partial charge in [0.1, 0.15) is 5.82 Å². The van der Waals surface area contributed by atoms with Gasteiger partial charge < -0.3 is 22.1 Å². The number of hydrogen-bond acceptors (Lipinski definition) is 7. The molecule has 7 heteroatoms. The van der Waals surface area contributed by atoms with Crippen molar-refractivity contribution in [1.29, 1.82) is 0 Å². The number of allylic oxidation sites excluding steroid dienone is 2. The normalized spacial score (nSPS) is 22.9. The van der Waals surface area contributed by atoms with Crippen LogP contribution in [0.15, 0.2) is 48.8 Å². The molecule has 4 heterocycles. The lowest BCUT2D eigenvalue weighted by atomic mass is 9.93. The van der Waals surface area contributed by atoms with Crippen molar-refractivity contribution in [2.45, 2.75) is 12.6 Å². The summed E-state index contributed by atoms with van der Waals surface area (Å²) in [6.07, 6.45) is 8.00. The molecule has 0 spiro atoms. The van der Waals surface area contributed by atoms with E-state index in [0.29, 0.717) is 11.5 Å². The van der Waals surface area contributed by atoms with Gasteiger partial charge in [0.05, 0.1) is 11.4 Å². The van der Waals surface area contributed by atoms with E-state index in [2.05, 4.69) is 39.6 Å². The molecule has 2 aliphatic rings. The van der Waals surface area contributed by atoms with Gasteiger partial charge in [-0.3, -0.25) is 9.88 Å². The lowest BCUT2D eigenvalue weighted by Gasteiger charge is -2.45. The Morgan fingerprint density at radius 3 is 2.70 bits per heavy atom. The predicted molar refractivity (Wildman–Crippen MR) is 108 cm³/mol. The minimum Gasteiger partial charge on any atom is -0.399 e. The van der Waals surface area contributed by atoms with Gasteiger partial charge in [-0.1, -0.05) is 0 Å². The summed E-state index contributed by atoms with van der Waals surface area (Å²) < 4.78 is 0. The molecule has 27 heavy (non-hydrogen) atoms. The molecule has 0 aliphatic carbocycles. The summed E-state index contributed by atoms with van der Waals surface area (Å²) in [5.74, 6) is 0.416. The van der Waals surface area contributed by atoms with Crippen LogP contribution in [0.5, 0.6) is 0 Å². The maximum atomic E-state index is 5.99. The highest BCUT2D eigenvalue weighted by atomic mass is 15.3. The minimum atomic E-state index is -0.542. The van der Waals surface area contributed by atoms with Crippen LogP contribution in [0, 0.1) is 6.92 Å². The molecule has 1 saturated heterocycles. The van der Waals surface area contributed by atoms with Crippen molar-refractivity contribution in [2.24, 2.45) is 0 Å². The van der Waals surface area contributed by atoms with Crippen LogP contribution in [0.25, 0.3) is 5.57 Å². The average molecular weight is 363 g/mol. The van der Waals surface area contributed by atoms with E-state index in [0.717, 1.165) is 43.1 Å². The fourth-order valence-corrected chi connectivity index (χ4v) is 3.71. The molecular formula is C20H25N7. The second kappa shape index (κ2) is 7.02. The Labute approximate surface area is 159 Å². The summed E-state index contributed by atoms with van der Waals surface area (Å²) >= 11 is 0. The van der Waals surface area contributed by atoms with Gasteiger partial charge in [0, 0.05) is 49.7 Å². The summed E-state index contributed by atoms with van der Waals surface area (Å²) in [7, 11) is 0. The molecule has 6 N–H and O–H groups in total. The van der Waals surface area contributed by atoms with Gasteiger partial charge in [-0.15, -0.1) is 0 Å². The van der Waals surface area contributed by atoms with Gasteiger partial charge in [0.25, 0.3) is 0 Å². The number of nitrogen functional groups attached to an aromatic ring is 2. The number of pyridine rings is 2. The molecule has 1 atom stereocenters. The Balaban J connectivity index is 1.85. The van der Waals surface area contributed by atoms with Crippen molar-refractivity contribution in [2.75, 3.05) is 37.6 Å². The molecule has 0 aromatic carbocycles. The smallest absolute Gasteiger partial charge is 0.154 e. The van der Waals surface area contributed by atoms with Crippen molar-refractivity contribution < 1.29 is 0 Å². The van der Waals surface area contributed by atoms with Gasteiger partial charge in [-0.05, 0) is 49.0 Å². The van der Waals surface area contributed by atoms with Crippen molar-refractivity contribution in [3.8, 4) is 0 Å². The SMILES string of the molecule is Cc1ccnc(C2(N3CCNCC3)C=C(c3cc(N)cc(N)n3)C=CN2)c1. The second-order valence-electron chi connectivity index (χ2n) is 7.01. The van der Waals surface area contributed by atoms with Gasteiger partial charge in [0.2, 0.25) is 0 Å². The predicted octanol–water partition coefficient (Wildman–Crippen LogP) is 1.21. The number of nitrogens with one attached hydrogen (secondary N) is 2. The average Bonchev–Trinajstić information content (AvgIpc) is 2.68. The van der Waals surface area contributed by atoms with E-state index in [4.69, 9.17) is 16.5 Å². The van der Waals surface area contributed by atoms with E-state index in [-0.39, 0.29) is 0 Å². The van der Waals surface area contributed by atoms with Gasteiger partial charge in [-0.2, -0.15) is 0 Å². The van der Waals surface area contributed by atoms with E-state index in [9.17, 15) is 0 Å². The Bertz CT molecular complexity index is 879. The summed E-state index contributed by atoms with van der Waals surface area (Å²) in [5, 5.41) is 6.98. The summed E-state index contributed by atoms with van der Waals surface area (Å²) in [6, 6.07) is 7.66. The topological polar surface area (TPSA) is 105 Å². The number of nitrogens with zero attached hydrogens (tertiary/aromatic N) is 3. The first-order valence-electron chi connectivity index (χ1n) is 9.16. The number of piperazine rings is 1. The third-order valence-corrected chi connectivity index (χ3v) is 5.02. The van der Waals surface area contributed by atoms with Crippen LogP contribution in [-0.2, 0) is 5.66 Å². The number of dihydropyridines is 1. The Morgan fingerprint density at radius 1 is 1.15 bits per heavy atom. The Kier molecular flexibility index (Phi) is 4.55. The molecule has 7 nitrogen and oxygen atoms in total. The van der Waals surface area contributed by atoms with Crippen molar-refractivity contribution >= 4 is 17.1 Å². The first kappa shape index (κ1) is 17.5. The van der Waals surface area contributed by atoms with Crippen molar-refractivity contribution in [3.05, 3.63) is 65.8 Å². The standard InChI is InChI=1S/C20H25N7/c1-14-2-4-24-18(10-14)20(27-8-6-23-7-9-27)13-15(3-5-25-20)17-11-16(21)12-19(22)26-17/h2-5,10-13,23,25H,6-9H2,1H3,(H4,21,22,26). The van der Waals surface area contributed by atoms with Crippen LogP contribution in [0.4, 0.5) is 11.5 Å². The molecule has 140 valence electrons. The zero-order chi connectivity index (χ0) is 18.9. The maximum absolute atomic E-state index is 5.99. The van der Waals surface area contributed by atoms with Crippen molar-refractivity contribution in [3.63, 3.8) is 0 Å². The molecular weight excluding hydrogens is 338 g/mol. The quantitative estimate of drug-likeness (QED) is 0.649. The number of anilines is 2. The molecule has 0 radical (unpaired) electrons. The van der Waals surface area contributed by atoms with E-state index >= 15 is 0 Å². The number of rotatable bonds is 3. The number of aromatic nitrogens is 2. The monoisotopic (exact) mass is 363 g/mol. The molecule has 2 aromatic rings. The summed E-state index contributed by atoms with van der Waals surface area (Å²) in [5.41, 5.74) is 15.8. The van der Waals surface area contributed by atoms with Crippen LogP contribution in [0.1, 0.15) is 17.0 Å². The van der Waals surface area contributed by atoms with Crippen LogP contribution in [0.3, 0.4) is 0 Å². The van der Waals surface area contributed by atoms with Gasteiger partial charge >= 0.3 is 0 Å². The van der Waals surface area contributed by atoms with E-state index in [1.54, 1.807) is 6.07 Å². The Hall–Kier alpha value is -2.90. The fourth-order valence-electron chi connectivity index (χ4n) is 3.71. The minimum absolute atomic E-state index is 0.416. The van der Waals surface area contributed by atoms with Crippen LogP contribution in [-0.4, -0.2) is 41.0 Å². The first-order chi connectivity index (χ1) is 13.1. The molecule has 1 fully saturated rings. The highest BCUT2D eigenvalue weighted by Crippen LogP contribution is 2.34. The molecule has 4 rings (SSSR count). The number of nitrogens with two attached hydrogens (primary N) is 2. The fraction of sp³-hybridized carbons (Fsp3) is 0.300. The molecule has 2 aliphatic heterocycles. The van der Waals surface area contributed by atoms with E-state index in [1.807, 2.05) is 30.6 Å². The zero-order valence-corrected chi connectivity index (χ0v) is 15.4. The first-order valence-corrected chi connectivity index (χ1v) is 9.16.